The molecule has 1 aliphatic rings. The maximum atomic E-state index is 12.8. The molecule has 0 saturated carbocycles. The Hall–Kier alpha value is -2.70. The molecule has 0 aliphatic carbocycles. The van der Waals surface area contributed by atoms with Crippen molar-refractivity contribution in [1.29, 1.82) is 0 Å². The van der Waals surface area contributed by atoms with Gasteiger partial charge in [0.1, 0.15) is 0 Å². The normalized spacial score (nSPS) is 18.2. The second kappa shape index (κ2) is 9.62. The first kappa shape index (κ1) is 23.0. The molecule has 31 heavy (non-hydrogen) atoms. The Balaban J connectivity index is 1.52. The van der Waals surface area contributed by atoms with Crippen LogP contribution in [0.4, 0.5) is 0 Å². The maximum absolute atomic E-state index is 12.8. The van der Waals surface area contributed by atoms with Crippen LogP contribution in [0.5, 0.6) is 0 Å². The lowest BCUT2D eigenvalue weighted by molar-refractivity contribution is -0.142. The van der Waals surface area contributed by atoms with Crippen molar-refractivity contribution in [1.82, 2.24) is 19.9 Å². The summed E-state index contributed by atoms with van der Waals surface area (Å²) in [5, 5.41) is 3.95. The van der Waals surface area contributed by atoms with E-state index in [1.165, 1.54) is 0 Å². The second-order valence-electron chi connectivity index (χ2n) is 9.91. The lowest BCUT2D eigenvalue weighted by Crippen LogP contribution is -2.55. The molecule has 0 spiro atoms. The molecule has 2 amide bonds. The van der Waals surface area contributed by atoms with Crippen LogP contribution in [0.2, 0.25) is 0 Å². The molecule has 2 heterocycles. The molecule has 1 saturated heterocycles. The third kappa shape index (κ3) is 6.39. The predicted octanol–water partition coefficient (Wildman–Crippen LogP) is 3.80. The van der Waals surface area contributed by atoms with Gasteiger partial charge < -0.3 is 14.3 Å². The van der Waals surface area contributed by atoms with Gasteiger partial charge in [0.05, 0.1) is 6.42 Å². The second-order valence-corrected chi connectivity index (χ2v) is 9.91. The molecular formula is C24H34N4O3. The van der Waals surface area contributed by atoms with Crippen LogP contribution in [0, 0.1) is 11.3 Å². The van der Waals surface area contributed by atoms with Crippen molar-refractivity contribution >= 4 is 11.8 Å². The summed E-state index contributed by atoms with van der Waals surface area (Å²) < 4.78 is 5.30. The number of hydrogen-bond acceptors (Lipinski definition) is 5. The summed E-state index contributed by atoms with van der Waals surface area (Å²) in [6.45, 7) is 12.4. The molecule has 7 heteroatoms. The summed E-state index contributed by atoms with van der Waals surface area (Å²) in [6.07, 6.45) is 1.67. The molecule has 1 aliphatic heterocycles. The van der Waals surface area contributed by atoms with E-state index < -0.39 is 0 Å². The van der Waals surface area contributed by atoms with E-state index in [-0.39, 0.29) is 29.7 Å². The van der Waals surface area contributed by atoms with Gasteiger partial charge in [-0.05, 0) is 36.8 Å². The molecule has 7 nitrogen and oxygen atoms in total. The van der Waals surface area contributed by atoms with Gasteiger partial charge in [0.25, 0.3) is 5.89 Å². The number of nitrogens with zero attached hydrogens (tertiary/aromatic N) is 4. The van der Waals surface area contributed by atoms with E-state index in [1.54, 1.807) is 4.90 Å². The largest absolute Gasteiger partial charge is 0.338 e. The highest BCUT2D eigenvalue weighted by molar-refractivity contribution is 5.80. The zero-order valence-electron chi connectivity index (χ0n) is 19.3. The smallest absolute Gasteiger partial charge is 0.257 e. The van der Waals surface area contributed by atoms with Crippen molar-refractivity contribution in [3.05, 3.63) is 36.2 Å². The highest BCUT2D eigenvalue weighted by atomic mass is 16.5. The molecule has 3 rings (SSSR count). The monoisotopic (exact) mass is 426 g/mol. The number of piperazine rings is 1. The predicted molar refractivity (Wildman–Crippen MR) is 119 cm³/mol. The lowest BCUT2D eigenvalue weighted by Gasteiger charge is -2.40. The van der Waals surface area contributed by atoms with Crippen molar-refractivity contribution in [3.63, 3.8) is 0 Å². The zero-order chi connectivity index (χ0) is 22.6. The molecule has 0 bridgehead atoms. The number of amides is 2. The third-order valence-electron chi connectivity index (χ3n) is 5.58. The number of carbonyl (C=O) groups is 2. The highest BCUT2D eigenvalue weighted by Crippen LogP contribution is 2.27. The summed E-state index contributed by atoms with van der Waals surface area (Å²) in [5.74, 6) is 1.28. The topological polar surface area (TPSA) is 79.5 Å². The molecule has 0 N–H and O–H groups in total. The maximum Gasteiger partial charge on any atom is 0.257 e. The van der Waals surface area contributed by atoms with Crippen molar-refractivity contribution < 1.29 is 14.1 Å². The molecule has 1 aromatic carbocycles. The number of aromatic nitrogens is 2. The fourth-order valence-electron chi connectivity index (χ4n) is 4.36. The average Bonchev–Trinajstić information content (AvgIpc) is 3.15. The first-order valence-corrected chi connectivity index (χ1v) is 11.1. The van der Waals surface area contributed by atoms with Gasteiger partial charge in [0, 0.05) is 37.7 Å². The minimum atomic E-state index is -0.0412. The Morgan fingerprint density at radius 2 is 1.87 bits per heavy atom. The van der Waals surface area contributed by atoms with Gasteiger partial charge in [-0.15, -0.1) is 0 Å². The van der Waals surface area contributed by atoms with E-state index in [2.05, 4.69) is 37.8 Å². The van der Waals surface area contributed by atoms with Crippen molar-refractivity contribution in [2.75, 3.05) is 19.6 Å². The fourth-order valence-corrected chi connectivity index (χ4v) is 4.36. The van der Waals surface area contributed by atoms with Crippen LogP contribution in [-0.2, 0) is 16.0 Å². The van der Waals surface area contributed by atoms with Crippen LogP contribution in [-0.4, -0.2) is 57.4 Å². The van der Waals surface area contributed by atoms with E-state index in [1.807, 2.05) is 42.2 Å². The molecule has 1 fully saturated rings. The first-order chi connectivity index (χ1) is 14.6. The molecule has 0 unspecified atom stereocenters. The first-order valence-electron chi connectivity index (χ1n) is 11.1. The molecule has 168 valence electrons. The van der Waals surface area contributed by atoms with Gasteiger partial charge in [-0.2, -0.15) is 4.98 Å². The van der Waals surface area contributed by atoms with E-state index in [9.17, 15) is 9.59 Å². The van der Waals surface area contributed by atoms with E-state index in [0.29, 0.717) is 43.7 Å². The summed E-state index contributed by atoms with van der Waals surface area (Å²) in [5.41, 5.74) is 1.04. The molecular weight excluding hydrogens is 392 g/mol. The Kier molecular flexibility index (Phi) is 7.13. The molecule has 2 aromatic rings. The van der Waals surface area contributed by atoms with E-state index in [4.69, 9.17) is 4.52 Å². The summed E-state index contributed by atoms with van der Waals surface area (Å²) in [7, 11) is 0. The Labute approximate surface area is 184 Å². The standard InChI is InChI=1S/C24H34N4O3/c1-17(15-24(3,4)5)13-22(30)28-12-11-27(16-18(28)2)21(29)14-20-25-23(31-26-20)19-9-7-6-8-10-19/h6-10,17-18H,11-16H2,1-5H3/t17-,18-/m0/s1. The van der Waals surface area contributed by atoms with Gasteiger partial charge in [0.15, 0.2) is 5.82 Å². The lowest BCUT2D eigenvalue weighted by atomic mass is 9.84. The Morgan fingerprint density at radius 1 is 1.16 bits per heavy atom. The molecule has 0 radical (unpaired) electrons. The minimum absolute atomic E-state index is 0.00261. The van der Waals surface area contributed by atoms with Crippen molar-refractivity contribution in [2.24, 2.45) is 11.3 Å². The van der Waals surface area contributed by atoms with Gasteiger partial charge in [-0.1, -0.05) is 51.1 Å². The Morgan fingerprint density at radius 3 is 2.52 bits per heavy atom. The SMILES string of the molecule is C[C@@H](CC(=O)N1CCN(C(=O)Cc2noc(-c3ccccc3)n2)C[C@@H]1C)CC(C)(C)C. The van der Waals surface area contributed by atoms with E-state index >= 15 is 0 Å². The quantitative estimate of drug-likeness (QED) is 0.702. The van der Waals surface area contributed by atoms with Crippen LogP contribution in [0.3, 0.4) is 0 Å². The minimum Gasteiger partial charge on any atom is -0.338 e. The van der Waals surface area contributed by atoms with Gasteiger partial charge in [-0.25, -0.2) is 0 Å². The van der Waals surface area contributed by atoms with Gasteiger partial charge in [-0.3, -0.25) is 9.59 Å². The summed E-state index contributed by atoms with van der Waals surface area (Å²) in [4.78, 5) is 33.6. The number of hydrogen-bond donors (Lipinski definition) is 0. The van der Waals surface area contributed by atoms with Crippen molar-refractivity contribution in [2.45, 2.75) is 59.9 Å². The Bertz CT molecular complexity index is 888. The molecule has 1 aromatic heterocycles. The van der Waals surface area contributed by atoms with Crippen LogP contribution < -0.4 is 0 Å². The van der Waals surface area contributed by atoms with Crippen LogP contribution in [0.25, 0.3) is 11.5 Å². The van der Waals surface area contributed by atoms with Crippen LogP contribution in [0.15, 0.2) is 34.9 Å². The average molecular weight is 427 g/mol. The van der Waals surface area contributed by atoms with Crippen LogP contribution >= 0.6 is 0 Å². The van der Waals surface area contributed by atoms with Crippen molar-refractivity contribution in [3.8, 4) is 11.5 Å². The fraction of sp³-hybridized carbons (Fsp3) is 0.583. The summed E-state index contributed by atoms with van der Waals surface area (Å²) in [6, 6.07) is 9.49. The summed E-state index contributed by atoms with van der Waals surface area (Å²) >= 11 is 0. The number of benzene rings is 1. The van der Waals surface area contributed by atoms with E-state index in [0.717, 1.165) is 12.0 Å². The van der Waals surface area contributed by atoms with Gasteiger partial charge >= 0.3 is 0 Å². The highest BCUT2D eigenvalue weighted by Gasteiger charge is 2.31. The van der Waals surface area contributed by atoms with Crippen LogP contribution in [0.1, 0.15) is 53.3 Å². The number of carbonyl (C=O) groups excluding carboxylic acids is 2. The zero-order valence-corrected chi connectivity index (χ0v) is 19.3. The molecule has 2 atom stereocenters. The third-order valence-corrected chi connectivity index (χ3v) is 5.58. The van der Waals surface area contributed by atoms with Gasteiger partial charge in [0.2, 0.25) is 11.8 Å². The number of rotatable bonds is 6.